The van der Waals surface area contributed by atoms with Crippen LogP contribution in [0, 0.1) is 0 Å². The first-order valence-corrected chi connectivity index (χ1v) is 6.56. The molecule has 108 valence electrons. The fourth-order valence-corrected chi connectivity index (χ4v) is 1.66. The maximum atomic E-state index is 11.5. The lowest BCUT2D eigenvalue weighted by Crippen LogP contribution is -2.41. The predicted octanol–water partition coefficient (Wildman–Crippen LogP) is 2.15. The normalized spacial score (nSPS) is 11.3. The summed E-state index contributed by atoms with van der Waals surface area (Å²) in [6, 6.07) is 9.66. The van der Waals surface area contributed by atoms with Gasteiger partial charge in [-0.15, -0.1) is 12.4 Å². The van der Waals surface area contributed by atoms with Gasteiger partial charge in [0.1, 0.15) is 0 Å². The van der Waals surface area contributed by atoms with Crippen LogP contribution in [0.2, 0.25) is 0 Å². The fourth-order valence-electron chi connectivity index (χ4n) is 1.66. The van der Waals surface area contributed by atoms with Crippen molar-refractivity contribution in [3.63, 3.8) is 0 Å². The van der Waals surface area contributed by atoms with E-state index in [1.165, 1.54) is 0 Å². The van der Waals surface area contributed by atoms with Crippen molar-refractivity contribution in [1.29, 1.82) is 0 Å². The molecule has 0 fully saturated rings. The monoisotopic (exact) mass is 285 g/mol. The molecule has 1 aromatic carbocycles. The van der Waals surface area contributed by atoms with Crippen LogP contribution in [0.1, 0.15) is 26.2 Å². The molecule has 1 rings (SSSR count). The third kappa shape index (κ3) is 7.70. The summed E-state index contributed by atoms with van der Waals surface area (Å²) in [6.45, 7) is 3.53. The molecule has 4 N–H and O–H groups in total. The van der Waals surface area contributed by atoms with E-state index in [1.54, 1.807) is 0 Å². The number of benzene rings is 1. The highest BCUT2D eigenvalue weighted by molar-refractivity contribution is 5.85. The van der Waals surface area contributed by atoms with Crippen molar-refractivity contribution in [3.05, 3.63) is 30.3 Å². The first-order chi connectivity index (χ1) is 8.74. The fraction of sp³-hybridized carbons (Fsp3) is 0.500. The van der Waals surface area contributed by atoms with Gasteiger partial charge < -0.3 is 16.4 Å². The summed E-state index contributed by atoms with van der Waals surface area (Å²) >= 11 is 0. The van der Waals surface area contributed by atoms with E-state index in [0.29, 0.717) is 6.54 Å². The number of nitrogens with one attached hydrogen (secondary N) is 2. The average molecular weight is 286 g/mol. The second kappa shape index (κ2) is 10.6. The molecule has 1 atom stereocenters. The zero-order valence-corrected chi connectivity index (χ0v) is 12.2. The Hall–Kier alpha value is -1.26. The van der Waals surface area contributed by atoms with Gasteiger partial charge in [0, 0.05) is 18.8 Å². The summed E-state index contributed by atoms with van der Waals surface area (Å²) in [6.07, 6.45) is 2.57. The minimum atomic E-state index is -0.364. The van der Waals surface area contributed by atoms with Crippen LogP contribution in [-0.2, 0) is 4.79 Å². The Labute approximate surface area is 121 Å². The van der Waals surface area contributed by atoms with Crippen molar-refractivity contribution < 1.29 is 4.79 Å². The smallest absolute Gasteiger partial charge is 0.236 e. The summed E-state index contributed by atoms with van der Waals surface area (Å²) in [5.41, 5.74) is 6.81. The second-order valence-corrected chi connectivity index (χ2v) is 4.33. The van der Waals surface area contributed by atoms with Gasteiger partial charge in [0.15, 0.2) is 0 Å². The van der Waals surface area contributed by atoms with E-state index in [9.17, 15) is 4.79 Å². The Bertz CT molecular complexity index is 346. The van der Waals surface area contributed by atoms with Gasteiger partial charge in [-0.05, 0) is 25.0 Å². The van der Waals surface area contributed by atoms with Crippen molar-refractivity contribution in [2.75, 3.05) is 18.4 Å². The van der Waals surface area contributed by atoms with E-state index >= 15 is 0 Å². The minimum Gasteiger partial charge on any atom is -0.385 e. The molecule has 0 aliphatic carbocycles. The van der Waals surface area contributed by atoms with Crippen LogP contribution in [0.3, 0.4) is 0 Å². The highest BCUT2D eigenvalue weighted by atomic mass is 35.5. The number of hydrogen-bond acceptors (Lipinski definition) is 3. The predicted molar refractivity (Wildman–Crippen MR) is 82.7 cm³/mol. The van der Waals surface area contributed by atoms with Crippen molar-refractivity contribution >= 4 is 24.0 Å². The molecule has 0 saturated carbocycles. The summed E-state index contributed by atoms with van der Waals surface area (Å²) in [4.78, 5) is 11.5. The molecule has 4 nitrogen and oxygen atoms in total. The van der Waals surface area contributed by atoms with E-state index in [4.69, 9.17) is 5.73 Å². The molecule has 0 bridgehead atoms. The Balaban J connectivity index is 0.00000324. The molecule has 0 heterocycles. The molecule has 1 aromatic rings. The Morgan fingerprint density at radius 3 is 2.58 bits per heavy atom. The zero-order valence-electron chi connectivity index (χ0n) is 11.4. The summed E-state index contributed by atoms with van der Waals surface area (Å²) in [5.74, 6) is -0.0449. The number of hydrogen-bond donors (Lipinski definition) is 3. The lowest BCUT2D eigenvalue weighted by molar-refractivity contribution is -0.122. The molecular formula is C14H24ClN3O. The van der Waals surface area contributed by atoms with Gasteiger partial charge in [-0.1, -0.05) is 31.5 Å². The largest absolute Gasteiger partial charge is 0.385 e. The van der Waals surface area contributed by atoms with Crippen molar-refractivity contribution in [1.82, 2.24) is 5.32 Å². The molecular weight excluding hydrogens is 262 g/mol. The van der Waals surface area contributed by atoms with Crippen LogP contribution in [0.5, 0.6) is 0 Å². The van der Waals surface area contributed by atoms with Gasteiger partial charge >= 0.3 is 0 Å². The van der Waals surface area contributed by atoms with Crippen molar-refractivity contribution in [3.8, 4) is 0 Å². The summed E-state index contributed by atoms with van der Waals surface area (Å²) in [5, 5.41) is 6.14. The first kappa shape index (κ1) is 17.7. The highest BCUT2D eigenvalue weighted by Gasteiger charge is 2.10. The number of halogens is 1. The summed E-state index contributed by atoms with van der Waals surface area (Å²) in [7, 11) is 0. The molecule has 19 heavy (non-hydrogen) atoms. The van der Waals surface area contributed by atoms with Gasteiger partial charge in [0.05, 0.1) is 6.04 Å². The van der Waals surface area contributed by atoms with E-state index in [0.717, 1.165) is 31.5 Å². The van der Waals surface area contributed by atoms with E-state index in [-0.39, 0.29) is 24.4 Å². The molecule has 1 unspecified atom stereocenters. The summed E-state index contributed by atoms with van der Waals surface area (Å²) < 4.78 is 0. The quantitative estimate of drug-likeness (QED) is 0.641. The molecule has 0 aromatic heterocycles. The van der Waals surface area contributed by atoms with Crippen LogP contribution in [0.4, 0.5) is 5.69 Å². The SMILES string of the molecule is CCCC(N)C(=O)NCCCNc1ccccc1.Cl. The number of nitrogens with two attached hydrogens (primary N) is 1. The van der Waals surface area contributed by atoms with E-state index in [2.05, 4.69) is 10.6 Å². The Morgan fingerprint density at radius 2 is 1.95 bits per heavy atom. The molecule has 0 aliphatic rings. The highest BCUT2D eigenvalue weighted by Crippen LogP contribution is 2.04. The first-order valence-electron chi connectivity index (χ1n) is 6.56. The molecule has 0 radical (unpaired) electrons. The van der Waals surface area contributed by atoms with Crippen LogP contribution in [0.15, 0.2) is 30.3 Å². The third-order valence-electron chi connectivity index (χ3n) is 2.69. The number of rotatable bonds is 8. The van der Waals surface area contributed by atoms with Gasteiger partial charge in [0.25, 0.3) is 0 Å². The third-order valence-corrected chi connectivity index (χ3v) is 2.69. The zero-order chi connectivity index (χ0) is 13.2. The van der Waals surface area contributed by atoms with Crippen LogP contribution >= 0.6 is 12.4 Å². The lowest BCUT2D eigenvalue weighted by Gasteiger charge is -2.11. The molecule has 0 saturated heterocycles. The number of amides is 1. The van der Waals surface area contributed by atoms with E-state index in [1.807, 2.05) is 37.3 Å². The minimum absolute atomic E-state index is 0. The van der Waals surface area contributed by atoms with Crippen molar-refractivity contribution in [2.24, 2.45) is 5.73 Å². The lowest BCUT2D eigenvalue weighted by atomic mass is 10.1. The number of anilines is 1. The average Bonchev–Trinajstić information content (AvgIpc) is 2.39. The van der Waals surface area contributed by atoms with Crippen LogP contribution < -0.4 is 16.4 Å². The van der Waals surface area contributed by atoms with Gasteiger partial charge in [0.2, 0.25) is 5.91 Å². The van der Waals surface area contributed by atoms with Gasteiger partial charge in [-0.3, -0.25) is 4.79 Å². The van der Waals surface area contributed by atoms with Crippen molar-refractivity contribution in [2.45, 2.75) is 32.2 Å². The molecule has 1 amide bonds. The molecule has 5 heteroatoms. The van der Waals surface area contributed by atoms with E-state index < -0.39 is 0 Å². The Kier molecular flexibility index (Phi) is 9.94. The molecule has 0 spiro atoms. The number of para-hydroxylation sites is 1. The second-order valence-electron chi connectivity index (χ2n) is 4.33. The van der Waals surface area contributed by atoms with Gasteiger partial charge in [-0.25, -0.2) is 0 Å². The van der Waals surface area contributed by atoms with Crippen LogP contribution in [-0.4, -0.2) is 25.0 Å². The van der Waals surface area contributed by atoms with Crippen LogP contribution in [0.25, 0.3) is 0 Å². The standard InChI is InChI=1S/C14H23N3O.ClH/c1-2-7-13(15)14(18)17-11-6-10-16-12-8-4-3-5-9-12;/h3-5,8-9,13,16H,2,6-7,10-11,15H2,1H3,(H,17,18);1H. The van der Waals surface area contributed by atoms with Gasteiger partial charge in [-0.2, -0.15) is 0 Å². The molecule has 0 aliphatic heterocycles. The Morgan fingerprint density at radius 1 is 1.26 bits per heavy atom. The number of carbonyl (C=O) groups is 1. The number of carbonyl (C=O) groups excluding carboxylic acids is 1. The maximum Gasteiger partial charge on any atom is 0.236 e. The topological polar surface area (TPSA) is 67.2 Å². The maximum absolute atomic E-state index is 11.5.